The van der Waals surface area contributed by atoms with Gasteiger partial charge in [0.1, 0.15) is 11.2 Å². The van der Waals surface area contributed by atoms with E-state index in [2.05, 4.69) is 182 Å². The third-order valence-electron chi connectivity index (χ3n) is 12.3. The van der Waals surface area contributed by atoms with Crippen molar-refractivity contribution in [1.29, 1.82) is 0 Å². The maximum absolute atomic E-state index is 6.45. The molecule has 1 heteroatoms. The molecule has 0 spiro atoms. The molecule has 1 heterocycles. The monoisotopic (exact) mass is 694 g/mol. The van der Waals surface area contributed by atoms with E-state index in [0.717, 1.165) is 21.9 Å². The summed E-state index contributed by atoms with van der Waals surface area (Å²) in [6, 6.07) is 67.7. The number of fused-ring (bicyclic) bond motifs is 4. The van der Waals surface area contributed by atoms with E-state index in [1.54, 1.807) is 0 Å². The van der Waals surface area contributed by atoms with Gasteiger partial charge in [0, 0.05) is 10.8 Å². The van der Waals surface area contributed by atoms with E-state index in [1.807, 2.05) is 0 Å². The van der Waals surface area contributed by atoms with Crippen molar-refractivity contribution >= 4 is 97.3 Å². The summed E-state index contributed by atoms with van der Waals surface area (Å²) in [4.78, 5) is 0. The summed E-state index contributed by atoms with van der Waals surface area (Å²) in [5, 5.41) is 20.3. The third-order valence-corrected chi connectivity index (χ3v) is 12.3. The lowest BCUT2D eigenvalue weighted by Crippen LogP contribution is -1.91. The van der Waals surface area contributed by atoms with Crippen molar-refractivity contribution in [3.05, 3.63) is 182 Å². The van der Waals surface area contributed by atoms with Crippen LogP contribution in [0.1, 0.15) is 0 Å². The molecule has 1 nitrogen and oxygen atoms in total. The Labute approximate surface area is 315 Å². The third kappa shape index (κ3) is 4.13. The second-order valence-electron chi connectivity index (χ2n) is 15.2. The molecule has 13 rings (SSSR count). The molecular formula is C54H30O. The van der Waals surface area contributed by atoms with Crippen molar-refractivity contribution < 1.29 is 4.42 Å². The lowest BCUT2D eigenvalue weighted by Gasteiger charge is -2.18. The van der Waals surface area contributed by atoms with Gasteiger partial charge < -0.3 is 4.42 Å². The lowest BCUT2D eigenvalue weighted by molar-refractivity contribution is 0.669. The van der Waals surface area contributed by atoms with Crippen LogP contribution in [0.25, 0.3) is 131 Å². The van der Waals surface area contributed by atoms with Gasteiger partial charge in [-0.25, -0.2) is 0 Å². The fourth-order valence-corrected chi connectivity index (χ4v) is 9.72. The van der Waals surface area contributed by atoms with Crippen LogP contribution >= 0.6 is 0 Å². The molecule has 0 saturated carbocycles. The summed E-state index contributed by atoms with van der Waals surface area (Å²) < 4.78 is 6.45. The highest BCUT2D eigenvalue weighted by atomic mass is 16.3. The number of rotatable bonds is 3. The maximum atomic E-state index is 6.45. The fraction of sp³-hybridized carbons (Fsp3) is 0. The number of hydrogen-bond acceptors (Lipinski definition) is 1. The zero-order valence-corrected chi connectivity index (χ0v) is 29.7. The summed E-state index contributed by atoms with van der Waals surface area (Å²) in [5.41, 5.74) is 9.08. The average Bonchev–Trinajstić information content (AvgIpc) is 3.60. The molecule has 0 radical (unpaired) electrons. The Kier molecular flexibility index (Phi) is 5.69. The van der Waals surface area contributed by atoms with E-state index < -0.39 is 0 Å². The summed E-state index contributed by atoms with van der Waals surface area (Å²) in [6.07, 6.45) is 0. The van der Waals surface area contributed by atoms with Gasteiger partial charge in [-0.2, -0.15) is 0 Å². The Balaban J connectivity index is 1.10. The van der Waals surface area contributed by atoms with Crippen LogP contribution in [0.3, 0.4) is 0 Å². The van der Waals surface area contributed by atoms with Crippen molar-refractivity contribution in [2.24, 2.45) is 0 Å². The smallest absolute Gasteiger partial charge is 0.136 e. The second kappa shape index (κ2) is 10.7. The minimum atomic E-state index is 0.906. The molecule has 55 heavy (non-hydrogen) atoms. The predicted molar refractivity (Wildman–Crippen MR) is 235 cm³/mol. The molecule has 0 amide bonds. The summed E-state index contributed by atoms with van der Waals surface area (Å²) in [7, 11) is 0. The number of hydrogen-bond donors (Lipinski definition) is 0. The van der Waals surface area contributed by atoms with Crippen molar-refractivity contribution in [3.63, 3.8) is 0 Å². The van der Waals surface area contributed by atoms with Crippen LogP contribution < -0.4 is 0 Å². The van der Waals surface area contributed by atoms with Gasteiger partial charge in [0.15, 0.2) is 0 Å². The Morgan fingerprint density at radius 2 is 0.691 bits per heavy atom. The molecule has 0 N–H and O–H groups in total. The van der Waals surface area contributed by atoms with E-state index in [4.69, 9.17) is 4.42 Å². The minimum Gasteiger partial charge on any atom is -0.456 e. The van der Waals surface area contributed by atoms with Crippen molar-refractivity contribution in [3.8, 4) is 33.4 Å². The Morgan fingerprint density at radius 1 is 0.236 bits per heavy atom. The standard InChI is InChI=1S/C54H30O/c1-2-6-38-30-50-48(28-37(38)5-1)47-29-39(19-24-49(47)55-50)40-25-41(43-20-15-35-13-11-31-7-3-9-33-17-22-45(43)53(35)51(31)33)27-42(26-40)44-21-16-36-14-12-32-8-4-10-34-18-23-46(44)54(36)52(32)34/h1-30H. The predicted octanol–water partition coefficient (Wildman–Crippen LogP) is 15.5. The van der Waals surface area contributed by atoms with Gasteiger partial charge >= 0.3 is 0 Å². The first kappa shape index (κ1) is 29.3. The molecule has 12 aromatic carbocycles. The fourth-order valence-electron chi connectivity index (χ4n) is 9.72. The summed E-state index contributed by atoms with van der Waals surface area (Å²) >= 11 is 0. The molecule has 1 aromatic heterocycles. The van der Waals surface area contributed by atoms with Crippen LogP contribution in [-0.4, -0.2) is 0 Å². The highest BCUT2D eigenvalue weighted by Gasteiger charge is 2.18. The first-order valence-electron chi connectivity index (χ1n) is 19.1. The SMILES string of the molecule is c1ccc2cc3c(cc2c1)oc1ccc(-c2cc(-c4ccc5ccc6cccc7ccc4c5c67)cc(-c4ccc5ccc6cccc7ccc4c5c67)c2)cc13. The first-order valence-corrected chi connectivity index (χ1v) is 19.1. The van der Waals surface area contributed by atoms with E-state index in [0.29, 0.717) is 0 Å². The summed E-state index contributed by atoms with van der Waals surface area (Å²) in [5.74, 6) is 0. The van der Waals surface area contributed by atoms with Gasteiger partial charge in [-0.3, -0.25) is 0 Å². The molecule has 0 bridgehead atoms. The molecule has 0 unspecified atom stereocenters. The minimum absolute atomic E-state index is 0.906. The van der Waals surface area contributed by atoms with Gasteiger partial charge in [-0.05, 0) is 151 Å². The topological polar surface area (TPSA) is 13.1 Å². The zero-order valence-electron chi connectivity index (χ0n) is 29.7. The molecule has 0 aliphatic heterocycles. The van der Waals surface area contributed by atoms with Gasteiger partial charge in [-0.1, -0.05) is 140 Å². The van der Waals surface area contributed by atoms with Crippen molar-refractivity contribution in [2.45, 2.75) is 0 Å². The maximum Gasteiger partial charge on any atom is 0.136 e. The average molecular weight is 695 g/mol. The second-order valence-corrected chi connectivity index (χ2v) is 15.2. The van der Waals surface area contributed by atoms with Gasteiger partial charge in [-0.15, -0.1) is 0 Å². The molecule has 13 aromatic rings. The zero-order chi connectivity index (χ0) is 35.8. The van der Waals surface area contributed by atoms with E-state index >= 15 is 0 Å². The van der Waals surface area contributed by atoms with Crippen molar-refractivity contribution in [2.75, 3.05) is 0 Å². The first-order chi connectivity index (χ1) is 27.2. The molecule has 0 aliphatic rings. The lowest BCUT2D eigenvalue weighted by atomic mass is 9.86. The highest BCUT2D eigenvalue weighted by molar-refractivity contribution is 6.27. The number of furan rings is 1. The molecule has 252 valence electrons. The Bertz CT molecular complexity index is 3510. The van der Waals surface area contributed by atoms with E-state index in [1.165, 1.54) is 109 Å². The van der Waals surface area contributed by atoms with Crippen molar-refractivity contribution in [1.82, 2.24) is 0 Å². The Hall–Kier alpha value is -7.22. The number of benzene rings is 12. The van der Waals surface area contributed by atoms with Crippen LogP contribution in [0.2, 0.25) is 0 Å². The van der Waals surface area contributed by atoms with Gasteiger partial charge in [0.2, 0.25) is 0 Å². The summed E-state index contributed by atoms with van der Waals surface area (Å²) in [6.45, 7) is 0. The van der Waals surface area contributed by atoms with Crippen LogP contribution in [0, 0.1) is 0 Å². The van der Waals surface area contributed by atoms with Crippen LogP contribution in [0.15, 0.2) is 186 Å². The van der Waals surface area contributed by atoms with Crippen LogP contribution in [0.4, 0.5) is 0 Å². The Morgan fingerprint density at radius 3 is 1.27 bits per heavy atom. The molecule has 0 atom stereocenters. The van der Waals surface area contributed by atoms with E-state index in [9.17, 15) is 0 Å². The normalized spacial score (nSPS) is 12.4. The molecule has 0 fully saturated rings. The quantitative estimate of drug-likeness (QED) is 0.168. The van der Waals surface area contributed by atoms with Gasteiger partial charge in [0.25, 0.3) is 0 Å². The molecule has 0 saturated heterocycles. The van der Waals surface area contributed by atoms with Gasteiger partial charge in [0.05, 0.1) is 0 Å². The van der Waals surface area contributed by atoms with E-state index in [-0.39, 0.29) is 0 Å². The molecule has 0 aliphatic carbocycles. The molecular weight excluding hydrogens is 665 g/mol. The van der Waals surface area contributed by atoms with Crippen LogP contribution in [-0.2, 0) is 0 Å². The van der Waals surface area contributed by atoms with Crippen LogP contribution in [0.5, 0.6) is 0 Å². The largest absolute Gasteiger partial charge is 0.456 e. The highest BCUT2D eigenvalue weighted by Crippen LogP contribution is 2.45.